The number of nitrogens with one attached hydrogen (secondary N) is 2. The number of hydrogen-bond acceptors (Lipinski definition) is 3. The topological polar surface area (TPSA) is 54.0 Å². The highest BCUT2D eigenvalue weighted by Gasteiger charge is 2.35. The molecule has 9 heteroatoms. The van der Waals surface area contributed by atoms with Gasteiger partial charge in [0.25, 0.3) is 5.91 Å². The highest BCUT2D eigenvalue weighted by atomic mass is 35.5. The predicted molar refractivity (Wildman–Crippen MR) is 78.1 cm³/mol. The molecule has 0 aliphatic carbocycles. The molecule has 0 saturated heterocycles. The summed E-state index contributed by atoms with van der Waals surface area (Å²) in [5.74, 6) is -1.88. The summed E-state index contributed by atoms with van der Waals surface area (Å²) >= 11 is 5.62. The SMILES string of the molecule is CNc1cc(Cl)c(F)cc1NC(=O)c1cnccc1C(F)(F)F. The number of aromatic nitrogens is 1. The zero-order chi connectivity index (χ0) is 17.2. The molecule has 0 atom stereocenters. The Balaban J connectivity index is 2.40. The number of nitrogens with zero attached hydrogens (tertiary/aromatic N) is 1. The summed E-state index contributed by atoms with van der Waals surface area (Å²) in [6.45, 7) is 0. The van der Waals surface area contributed by atoms with Gasteiger partial charge in [-0.3, -0.25) is 9.78 Å². The van der Waals surface area contributed by atoms with E-state index in [1.807, 2.05) is 0 Å². The molecule has 0 fully saturated rings. The molecule has 0 bridgehead atoms. The molecule has 2 aromatic rings. The number of anilines is 2. The molecular formula is C14H10ClF4N3O. The summed E-state index contributed by atoms with van der Waals surface area (Å²) < 4.78 is 52.3. The molecule has 1 aromatic carbocycles. The van der Waals surface area contributed by atoms with Crippen LogP contribution in [-0.4, -0.2) is 17.9 Å². The van der Waals surface area contributed by atoms with Crippen molar-refractivity contribution in [2.45, 2.75) is 6.18 Å². The second-order valence-corrected chi connectivity index (χ2v) is 4.84. The second-order valence-electron chi connectivity index (χ2n) is 4.44. The quantitative estimate of drug-likeness (QED) is 0.819. The van der Waals surface area contributed by atoms with Crippen LogP contribution in [0.15, 0.2) is 30.6 Å². The van der Waals surface area contributed by atoms with Crippen molar-refractivity contribution in [3.8, 4) is 0 Å². The zero-order valence-electron chi connectivity index (χ0n) is 11.6. The van der Waals surface area contributed by atoms with Crippen LogP contribution in [0.5, 0.6) is 0 Å². The monoisotopic (exact) mass is 347 g/mol. The van der Waals surface area contributed by atoms with Crippen molar-refractivity contribution >= 4 is 28.9 Å². The van der Waals surface area contributed by atoms with Crippen LogP contribution in [0, 0.1) is 5.82 Å². The minimum absolute atomic E-state index is 0.0450. The highest BCUT2D eigenvalue weighted by molar-refractivity contribution is 6.31. The first-order valence-corrected chi connectivity index (χ1v) is 6.61. The van der Waals surface area contributed by atoms with Crippen molar-refractivity contribution in [1.29, 1.82) is 0 Å². The standard InChI is InChI=1S/C14H10ClF4N3O/c1-20-11-4-9(15)10(16)5-12(11)22-13(23)7-6-21-3-2-8(7)14(17,18)19/h2-6,20H,1H3,(H,22,23). The summed E-state index contributed by atoms with van der Waals surface area (Å²) in [5.41, 5.74) is -1.60. The van der Waals surface area contributed by atoms with Gasteiger partial charge in [0.05, 0.1) is 27.5 Å². The largest absolute Gasteiger partial charge is 0.417 e. The van der Waals surface area contributed by atoms with Crippen molar-refractivity contribution in [2.24, 2.45) is 0 Å². The molecule has 0 saturated carbocycles. The minimum atomic E-state index is -4.72. The molecule has 0 radical (unpaired) electrons. The second kappa shape index (κ2) is 6.41. The van der Waals surface area contributed by atoms with E-state index in [9.17, 15) is 22.4 Å². The van der Waals surface area contributed by atoms with Gasteiger partial charge in [-0.1, -0.05) is 11.6 Å². The van der Waals surface area contributed by atoms with Crippen LogP contribution in [0.4, 0.5) is 28.9 Å². The number of hydrogen-bond donors (Lipinski definition) is 2. The molecule has 4 nitrogen and oxygen atoms in total. The van der Waals surface area contributed by atoms with E-state index in [0.29, 0.717) is 6.07 Å². The Hall–Kier alpha value is -2.35. The number of benzene rings is 1. The number of rotatable bonds is 3. The summed E-state index contributed by atoms with van der Waals surface area (Å²) in [5, 5.41) is 4.69. The summed E-state index contributed by atoms with van der Waals surface area (Å²) in [6.07, 6.45) is -2.99. The van der Waals surface area contributed by atoms with Gasteiger partial charge in [0.15, 0.2) is 0 Å². The van der Waals surface area contributed by atoms with E-state index in [1.54, 1.807) is 0 Å². The van der Waals surface area contributed by atoms with Gasteiger partial charge in [-0.2, -0.15) is 13.2 Å². The predicted octanol–water partition coefficient (Wildman–Crippen LogP) is 4.19. The third-order valence-corrected chi connectivity index (χ3v) is 3.24. The van der Waals surface area contributed by atoms with E-state index in [1.165, 1.54) is 13.1 Å². The first-order valence-electron chi connectivity index (χ1n) is 6.23. The van der Waals surface area contributed by atoms with Crippen LogP contribution >= 0.6 is 11.6 Å². The van der Waals surface area contributed by atoms with Crippen LogP contribution in [0.2, 0.25) is 5.02 Å². The van der Waals surface area contributed by atoms with Crippen molar-refractivity contribution in [2.75, 3.05) is 17.7 Å². The number of pyridine rings is 1. The van der Waals surface area contributed by atoms with Crippen molar-refractivity contribution in [3.63, 3.8) is 0 Å². The fraction of sp³-hybridized carbons (Fsp3) is 0.143. The molecule has 1 aromatic heterocycles. The Morgan fingerprint density at radius 2 is 1.96 bits per heavy atom. The fourth-order valence-corrected chi connectivity index (χ4v) is 2.03. The first-order chi connectivity index (χ1) is 10.7. The van der Waals surface area contributed by atoms with Crippen LogP contribution in [0.25, 0.3) is 0 Å². The van der Waals surface area contributed by atoms with Gasteiger partial charge < -0.3 is 10.6 Å². The molecule has 23 heavy (non-hydrogen) atoms. The van der Waals surface area contributed by atoms with Crippen LogP contribution < -0.4 is 10.6 Å². The summed E-state index contributed by atoms with van der Waals surface area (Å²) in [4.78, 5) is 15.6. The van der Waals surface area contributed by atoms with E-state index in [4.69, 9.17) is 11.6 Å². The molecule has 1 heterocycles. The van der Waals surface area contributed by atoms with Gasteiger partial charge in [-0.15, -0.1) is 0 Å². The number of alkyl halides is 3. The van der Waals surface area contributed by atoms with Crippen molar-refractivity contribution in [3.05, 3.63) is 52.6 Å². The van der Waals surface area contributed by atoms with Gasteiger partial charge >= 0.3 is 6.18 Å². The number of halogens is 5. The van der Waals surface area contributed by atoms with Gasteiger partial charge in [-0.05, 0) is 12.1 Å². The molecule has 122 valence electrons. The lowest BCUT2D eigenvalue weighted by molar-refractivity contribution is -0.137. The number of amides is 1. The Morgan fingerprint density at radius 3 is 2.57 bits per heavy atom. The van der Waals surface area contributed by atoms with E-state index >= 15 is 0 Å². The number of carbonyl (C=O) groups excluding carboxylic acids is 1. The Bertz CT molecular complexity index is 749. The van der Waals surface area contributed by atoms with E-state index in [2.05, 4.69) is 15.6 Å². The maximum absolute atomic E-state index is 13.5. The molecule has 2 rings (SSSR count). The van der Waals surface area contributed by atoms with Crippen LogP contribution in [-0.2, 0) is 6.18 Å². The molecule has 2 N–H and O–H groups in total. The molecular weight excluding hydrogens is 338 g/mol. The normalized spacial score (nSPS) is 11.2. The van der Waals surface area contributed by atoms with Crippen LogP contribution in [0.1, 0.15) is 15.9 Å². The third-order valence-electron chi connectivity index (χ3n) is 2.95. The maximum Gasteiger partial charge on any atom is 0.417 e. The van der Waals surface area contributed by atoms with Crippen molar-refractivity contribution in [1.82, 2.24) is 4.98 Å². The van der Waals surface area contributed by atoms with Gasteiger partial charge in [0.2, 0.25) is 0 Å². The maximum atomic E-state index is 13.5. The first kappa shape index (κ1) is 17.0. The Morgan fingerprint density at radius 1 is 1.26 bits per heavy atom. The zero-order valence-corrected chi connectivity index (χ0v) is 12.4. The Kier molecular flexibility index (Phi) is 4.74. The van der Waals surface area contributed by atoms with Crippen molar-refractivity contribution < 1.29 is 22.4 Å². The lowest BCUT2D eigenvalue weighted by Gasteiger charge is -2.14. The lowest BCUT2D eigenvalue weighted by Crippen LogP contribution is -2.19. The van der Waals surface area contributed by atoms with E-state index in [-0.39, 0.29) is 16.4 Å². The molecule has 0 spiro atoms. The Labute approximate surface area is 133 Å². The smallest absolute Gasteiger partial charge is 0.386 e. The third kappa shape index (κ3) is 3.70. The molecule has 1 amide bonds. The average molecular weight is 348 g/mol. The van der Waals surface area contributed by atoms with E-state index in [0.717, 1.165) is 18.5 Å². The van der Waals surface area contributed by atoms with Gasteiger partial charge in [0, 0.05) is 25.5 Å². The van der Waals surface area contributed by atoms with Gasteiger partial charge in [0.1, 0.15) is 5.82 Å². The van der Waals surface area contributed by atoms with Gasteiger partial charge in [-0.25, -0.2) is 4.39 Å². The fourth-order valence-electron chi connectivity index (χ4n) is 1.87. The highest BCUT2D eigenvalue weighted by Crippen LogP contribution is 2.33. The summed E-state index contributed by atoms with van der Waals surface area (Å²) in [6, 6.07) is 2.81. The minimum Gasteiger partial charge on any atom is -0.386 e. The average Bonchev–Trinajstić information content (AvgIpc) is 2.49. The summed E-state index contributed by atoms with van der Waals surface area (Å²) in [7, 11) is 1.49. The van der Waals surface area contributed by atoms with Crippen LogP contribution in [0.3, 0.4) is 0 Å². The van der Waals surface area contributed by atoms with E-state index < -0.39 is 29.0 Å². The molecule has 0 aliphatic rings. The molecule has 0 unspecified atom stereocenters. The molecule has 0 aliphatic heterocycles. The number of carbonyl (C=O) groups is 1. The lowest BCUT2D eigenvalue weighted by atomic mass is 10.1.